The molecule has 2 aromatic rings. The Morgan fingerprint density at radius 1 is 0.913 bits per heavy atom. The quantitative estimate of drug-likeness (QED) is 0.817. The summed E-state index contributed by atoms with van der Waals surface area (Å²) in [4.78, 5) is 27.6. The summed E-state index contributed by atoms with van der Waals surface area (Å²) in [6.45, 7) is 3.28. The topological polar surface area (TPSA) is 40.6 Å². The molecule has 0 N–H and O–H groups in total. The van der Waals surface area contributed by atoms with Gasteiger partial charge in [-0.25, -0.2) is 4.39 Å². The molecule has 1 fully saturated rings. The van der Waals surface area contributed by atoms with Crippen molar-refractivity contribution in [2.75, 3.05) is 18.0 Å². The van der Waals surface area contributed by atoms with Crippen molar-refractivity contribution in [1.29, 1.82) is 0 Å². The molecular formula is C18H17FN2O2. The molecular weight excluding hydrogens is 295 g/mol. The largest absolute Gasteiger partial charge is 0.328 e. The summed E-state index contributed by atoms with van der Waals surface area (Å²) < 4.78 is 13.0. The summed E-state index contributed by atoms with van der Waals surface area (Å²) in [5.41, 5.74) is 2.68. The zero-order valence-corrected chi connectivity index (χ0v) is 12.8. The molecule has 0 spiro atoms. The van der Waals surface area contributed by atoms with Crippen LogP contribution in [0.1, 0.15) is 11.1 Å². The molecule has 3 rings (SSSR count). The van der Waals surface area contributed by atoms with Crippen LogP contribution in [0.5, 0.6) is 0 Å². The first-order valence-electron chi connectivity index (χ1n) is 7.46. The summed E-state index contributed by atoms with van der Waals surface area (Å²) in [5.74, 6) is -1.47. The molecule has 0 saturated carbocycles. The van der Waals surface area contributed by atoms with Crippen molar-refractivity contribution in [1.82, 2.24) is 4.90 Å². The fourth-order valence-corrected chi connectivity index (χ4v) is 2.61. The van der Waals surface area contributed by atoms with Crippen molar-refractivity contribution in [3.8, 4) is 0 Å². The number of piperazine rings is 1. The molecule has 2 amide bonds. The van der Waals surface area contributed by atoms with Crippen LogP contribution in [0.4, 0.5) is 10.1 Å². The van der Waals surface area contributed by atoms with E-state index in [9.17, 15) is 14.0 Å². The molecule has 4 nitrogen and oxygen atoms in total. The molecule has 5 heteroatoms. The van der Waals surface area contributed by atoms with Crippen LogP contribution >= 0.6 is 0 Å². The molecule has 2 aromatic carbocycles. The SMILES string of the molecule is Cc1ccc(CN2CCN(c3ccc(F)cc3)C(=O)C2=O)cc1. The molecule has 0 atom stereocenters. The van der Waals surface area contributed by atoms with Crippen LogP contribution in [0.25, 0.3) is 0 Å². The van der Waals surface area contributed by atoms with E-state index < -0.39 is 11.8 Å². The predicted molar refractivity (Wildman–Crippen MR) is 85.3 cm³/mol. The van der Waals surface area contributed by atoms with Gasteiger partial charge in [-0.3, -0.25) is 9.59 Å². The lowest BCUT2D eigenvalue weighted by atomic mass is 10.1. The Balaban J connectivity index is 1.72. The van der Waals surface area contributed by atoms with Gasteiger partial charge < -0.3 is 9.80 Å². The Labute approximate surface area is 134 Å². The standard InChI is InChI=1S/C18H17FN2O2/c1-13-2-4-14(5-3-13)12-20-10-11-21(18(23)17(20)22)16-8-6-15(19)7-9-16/h2-9H,10-12H2,1H3. The van der Waals surface area contributed by atoms with E-state index in [1.165, 1.54) is 29.2 Å². The number of carbonyl (C=O) groups is 2. The Bertz CT molecular complexity index is 726. The Kier molecular flexibility index (Phi) is 4.10. The first kappa shape index (κ1) is 15.2. The summed E-state index contributed by atoms with van der Waals surface area (Å²) >= 11 is 0. The molecule has 0 bridgehead atoms. The number of amides is 2. The van der Waals surface area contributed by atoms with E-state index in [0.717, 1.165) is 11.1 Å². The van der Waals surface area contributed by atoms with Gasteiger partial charge in [0.25, 0.3) is 0 Å². The van der Waals surface area contributed by atoms with Crippen molar-refractivity contribution in [2.45, 2.75) is 13.5 Å². The lowest BCUT2D eigenvalue weighted by Gasteiger charge is -2.33. The maximum absolute atomic E-state index is 13.0. The van der Waals surface area contributed by atoms with Crippen molar-refractivity contribution in [3.63, 3.8) is 0 Å². The number of benzene rings is 2. The highest BCUT2D eigenvalue weighted by Crippen LogP contribution is 2.19. The fraction of sp³-hybridized carbons (Fsp3) is 0.222. The van der Waals surface area contributed by atoms with Crippen molar-refractivity contribution in [2.24, 2.45) is 0 Å². The van der Waals surface area contributed by atoms with Crippen molar-refractivity contribution < 1.29 is 14.0 Å². The fourth-order valence-electron chi connectivity index (χ4n) is 2.61. The van der Waals surface area contributed by atoms with Crippen LogP contribution in [-0.2, 0) is 16.1 Å². The van der Waals surface area contributed by atoms with E-state index >= 15 is 0 Å². The second kappa shape index (κ2) is 6.20. The summed E-state index contributed by atoms with van der Waals surface area (Å²) in [5, 5.41) is 0. The molecule has 0 aliphatic carbocycles. The van der Waals surface area contributed by atoms with Crippen LogP contribution in [-0.4, -0.2) is 29.8 Å². The highest BCUT2D eigenvalue weighted by molar-refractivity contribution is 6.40. The van der Waals surface area contributed by atoms with Gasteiger partial charge in [0.2, 0.25) is 0 Å². The zero-order valence-electron chi connectivity index (χ0n) is 12.8. The monoisotopic (exact) mass is 312 g/mol. The Morgan fingerprint density at radius 3 is 2.22 bits per heavy atom. The molecule has 118 valence electrons. The van der Waals surface area contributed by atoms with Crippen LogP contribution in [0.2, 0.25) is 0 Å². The molecule has 1 saturated heterocycles. The van der Waals surface area contributed by atoms with Gasteiger partial charge in [0.05, 0.1) is 0 Å². The molecule has 1 aliphatic heterocycles. The van der Waals surface area contributed by atoms with E-state index in [0.29, 0.717) is 25.3 Å². The van der Waals surface area contributed by atoms with Gasteiger partial charge in [-0.15, -0.1) is 0 Å². The smallest absolute Gasteiger partial charge is 0.316 e. The first-order chi connectivity index (χ1) is 11.0. The van der Waals surface area contributed by atoms with Gasteiger partial charge in [-0.05, 0) is 36.8 Å². The van der Waals surface area contributed by atoms with E-state index in [4.69, 9.17) is 0 Å². The second-order valence-electron chi connectivity index (χ2n) is 5.65. The van der Waals surface area contributed by atoms with E-state index in [1.54, 1.807) is 4.90 Å². The maximum atomic E-state index is 13.0. The lowest BCUT2D eigenvalue weighted by Crippen LogP contribution is -2.54. The van der Waals surface area contributed by atoms with E-state index in [1.807, 2.05) is 31.2 Å². The van der Waals surface area contributed by atoms with E-state index in [2.05, 4.69) is 0 Å². The molecule has 23 heavy (non-hydrogen) atoms. The van der Waals surface area contributed by atoms with Gasteiger partial charge in [-0.2, -0.15) is 0 Å². The summed E-state index contributed by atoms with van der Waals surface area (Å²) in [7, 11) is 0. The third-order valence-electron chi connectivity index (χ3n) is 3.94. The number of carbonyl (C=O) groups excluding carboxylic acids is 2. The molecule has 1 aliphatic rings. The van der Waals surface area contributed by atoms with Gasteiger partial charge in [0.1, 0.15) is 5.82 Å². The number of hydrogen-bond donors (Lipinski definition) is 0. The molecule has 1 heterocycles. The second-order valence-corrected chi connectivity index (χ2v) is 5.65. The average molecular weight is 312 g/mol. The van der Waals surface area contributed by atoms with Crippen LogP contribution in [0, 0.1) is 12.7 Å². The summed E-state index contributed by atoms with van der Waals surface area (Å²) in [6.07, 6.45) is 0. The number of halogens is 1. The minimum Gasteiger partial charge on any atom is -0.328 e. The Hall–Kier alpha value is -2.69. The van der Waals surface area contributed by atoms with Gasteiger partial charge in [0.15, 0.2) is 0 Å². The molecule has 0 unspecified atom stereocenters. The maximum Gasteiger partial charge on any atom is 0.316 e. The molecule has 0 radical (unpaired) electrons. The van der Waals surface area contributed by atoms with Crippen LogP contribution in [0.15, 0.2) is 48.5 Å². The van der Waals surface area contributed by atoms with Gasteiger partial charge in [0, 0.05) is 25.3 Å². The minimum absolute atomic E-state index is 0.370. The first-order valence-corrected chi connectivity index (χ1v) is 7.46. The number of anilines is 1. The molecule has 0 aromatic heterocycles. The highest BCUT2D eigenvalue weighted by atomic mass is 19.1. The normalized spacial score (nSPS) is 15.2. The van der Waals surface area contributed by atoms with Crippen LogP contribution in [0.3, 0.4) is 0 Å². The minimum atomic E-state index is -0.574. The average Bonchev–Trinajstić information content (AvgIpc) is 2.55. The van der Waals surface area contributed by atoms with Crippen LogP contribution < -0.4 is 4.90 Å². The van der Waals surface area contributed by atoms with Crippen molar-refractivity contribution in [3.05, 3.63) is 65.5 Å². The van der Waals surface area contributed by atoms with Crippen molar-refractivity contribution >= 4 is 17.5 Å². The Morgan fingerprint density at radius 2 is 1.57 bits per heavy atom. The number of rotatable bonds is 3. The van der Waals surface area contributed by atoms with Gasteiger partial charge in [-0.1, -0.05) is 29.8 Å². The number of hydrogen-bond acceptors (Lipinski definition) is 2. The lowest BCUT2D eigenvalue weighted by molar-refractivity contribution is -0.146. The number of nitrogens with zero attached hydrogens (tertiary/aromatic N) is 2. The zero-order chi connectivity index (χ0) is 16.4. The highest BCUT2D eigenvalue weighted by Gasteiger charge is 2.33. The third-order valence-corrected chi connectivity index (χ3v) is 3.94. The van der Waals surface area contributed by atoms with Gasteiger partial charge >= 0.3 is 11.8 Å². The third kappa shape index (κ3) is 3.23. The number of aryl methyl sites for hydroxylation is 1. The predicted octanol–water partition coefficient (Wildman–Crippen LogP) is 2.51. The van der Waals surface area contributed by atoms with E-state index in [-0.39, 0.29) is 5.82 Å². The summed E-state index contributed by atoms with van der Waals surface area (Å²) in [6, 6.07) is 13.5.